The van der Waals surface area contributed by atoms with E-state index in [1.54, 1.807) is 0 Å². The van der Waals surface area contributed by atoms with E-state index < -0.39 is 0 Å². The molecule has 30 heavy (non-hydrogen) atoms. The highest BCUT2D eigenvalue weighted by Gasteiger charge is 2.26. The van der Waals surface area contributed by atoms with Crippen LogP contribution in [0.25, 0.3) is 11.0 Å². The molecule has 0 saturated carbocycles. The van der Waals surface area contributed by atoms with E-state index in [4.69, 9.17) is 0 Å². The summed E-state index contributed by atoms with van der Waals surface area (Å²) in [4.78, 5) is 15.7. The van der Waals surface area contributed by atoms with Crippen molar-refractivity contribution >= 4 is 11.0 Å². The maximum absolute atomic E-state index is 13.0. The number of imidazole rings is 1. The number of nitrogens with zero attached hydrogens (tertiary/aromatic N) is 3. The van der Waals surface area contributed by atoms with Gasteiger partial charge in [0.05, 0.1) is 17.1 Å². The number of hydrogen-bond donors (Lipinski definition) is 2. The van der Waals surface area contributed by atoms with Crippen molar-refractivity contribution < 1.29 is 0 Å². The summed E-state index contributed by atoms with van der Waals surface area (Å²) in [6.07, 6.45) is 8.59. The lowest BCUT2D eigenvalue weighted by Gasteiger charge is -2.39. The summed E-state index contributed by atoms with van der Waals surface area (Å²) in [5.74, 6) is 0.766. The first-order valence-corrected chi connectivity index (χ1v) is 12.1. The fraction of sp³-hybridized carbons (Fsp3) is 0.708. The molecule has 0 spiro atoms. The fourth-order valence-electron chi connectivity index (χ4n) is 5.97. The van der Waals surface area contributed by atoms with Crippen LogP contribution in [0.3, 0.4) is 0 Å². The number of piperidine rings is 3. The largest absolute Gasteiger partial charge is 0.329 e. The van der Waals surface area contributed by atoms with Crippen LogP contribution in [0.4, 0.5) is 0 Å². The van der Waals surface area contributed by atoms with E-state index in [0.29, 0.717) is 0 Å². The van der Waals surface area contributed by atoms with Crippen LogP contribution in [0.2, 0.25) is 0 Å². The standard InChI is InChI=1S/C24H37N5O/c1-27-23-16-19(4-5-22(23)29(24(27)30)21-3-2-10-26-17-21)15-18-8-13-28(14-9-18)20-6-11-25-12-7-20/h4-5,16,18,20-21,25-26H,2-3,6-15,17H2,1H3. The quantitative estimate of drug-likeness (QED) is 0.811. The Morgan fingerprint density at radius 1 is 0.933 bits per heavy atom. The minimum Gasteiger partial charge on any atom is -0.317 e. The minimum absolute atomic E-state index is 0.131. The SMILES string of the molecule is Cn1c(=O)n(C2CCCNC2)c2ccc(CC3CCN(C4CCNCC4)CC3)cc21. The van der Waals surface area contributed by atoms with Gasteiger partial charge in [0, 0.05) is 19.6 Å². The first-order valence-electron chi connectivity index (χ1n) is 12.1. The van der Waals surface area contributed by atoms with Gasteiger partial charge in [0.2, 0.25) is 0 Å². The third kappa shape index (κ3) is 3.97. The number of hydrogen-bond acceptors (Lipinski definition) is 4. The molecule has 0 aliphatic carbocycles. The van der Waals surface area contributed by atoms with E-state index in [1.807, 2.05) is 16.2 Å². The molecule has 3 aliphatic heterocycles. The number of aromatic nitrogens is 2. The molecule has 0 amide bonds. The van der Waals surface area contributed by atoms with Crippen molar-refractivity contribution in [3.8, 4) is 0 Å². The summed E-state index contributed by atoms with van der Waals surface area (Å²) in [6, 6.07) is 7.83. The average Bonchev–Trinajstić information content (AvgIpc) is 3.05. The lowest BCUT2D eigenvalue weighted by molar-refractivity contribution is 0.111. The molecule has 3 saturated heterocycles. The summed E-state index contributed by atoms with van der Waals surface area (Å²) >= 11 is 0. The second-order valence-electron chi connectivity index (χ2n) is 9.70. The van der Waals surface area contributed by atoms with Crippen LogP contribution in [0.5, 0.6) is 0 Å². The molecule has 1 atom stereocenters. The highest BCUT2D eigenvalue weighted by molar-refractivity contribution is 5.77. The summed E-state index contributed by atoms with van der Waals surface area (Å²) in [5.41, 5.74) is 3.71. The average molecular weight is 412 g/mol. The van der Waals surface area contributed by atoms with Crippen molar-refractivity contribution in [1.29, 1.82) is 0 Å². The van der Waals surface area contributed by atoms with E-state index >= 15 is 0 Å². The molecule has 6 nitrogen and oxygen atoms in total. The van der Waals surface area contributed by atoms with Gasteiger partial charge in [-0.1, -0.05) is 6.07 Å². The molecule has 3 fully saturated rings. The van der Waals surface area contributed by atoms with Gasteiger partial charge < -0.3 is 15.5 Å². The van der Waals surface area contributed by atoms with Crippen LogP contribution in [-0.4, -0.2) is 59.3 Å². The van der Waals surface area contributed by atoms with Gasteiger partial charge in [-0.3, -0.25) is 9.13 Å². The van der Waals surface area contributed by atoms with Gasteiger partial charge in [-0.25, -0.2) is 4.79 Å². The molecule has 1 aromatic heterocycles. The molecule has 1 unspecified atom stereocenters. The Morgan fingerprint density at radius 2 is 1.73 bits per heavy atom. The molecule has 2 aromatic rings. The molecule has 0 radical (unpaired) electrons. The third-order valence-corrected chi connectivity index (χ3v) is 7.79. The van der Waals surface area contributed by atoms with Crippen molar-refractivity contribution in [3.05, 3.63) is 34.2 Å². The second kappa shape index (κ2) is 8.85. The second-order valence-corrected chi connectivity index (χ2v) is 9.70. The van der Waals surface area contributed by atoms with Gasteiger partial charge in [0.1, 0.15) is 0 Å². The van der Waals surface area contributed by atoms with E-state index in [1.165, 1.54) is 57.4 Å². The van der Waals surface area contributed by atoms with Crippen molar-refractivity contribution in [2.75, 3.05) is 39.3 Å². The Morgan fingerprint density at radius 3 is 2.47 bits per heavy atom. The normalized spacial score (nSPS) is 25.2. The van der Waals surface area contributed by atoms with Crippen molar-refractivity contribution in [2.45, 2.75) is 57.0 Å². The van der Waals surface area contributed by atoms with Gasteiger partial charge in [0.25, 0.3) is 0 Å². The molecule has 0 bridgehead atoms. The molecule has 2 N–H and O–H groups in total. The zero-order valence-electron chi connectivity index (χ0n) is 18.4. The molecular weight excluding hydrogens is 374 g/mol. The Hall–Kier alpha value is -1.63. The maximum Gasteiger partial charge on any atom is 0.329 e. The molecule has 1 aromatic carbocycles. The van der Waals surface area contributed by atoms with Crippen LogP contribution in [0, 0.1) is 5.92 Å². The molecule has 6 heteroatoms. The summed E-state index contributed by atoms with van der Waals surface area (Å²) in [5, 5.41) is 6.94. The van der Waals surface area contributed by atoms with Crippen molar-refractivity contribution in [3.63, 3.8) is 0 Å². The topological polar surface area (TPSA) is 54.2 Å². The number of fused-ring (bicyclic) bond motifs is 1. The minimum atomic E-state index is 0.131. The van der Waals surface area contributed by atoms with Gasteiger partial charge in [-0.2, -0.15) is 0 Å². The lowest BCUT2D eigenvalue weighted by Crippen LogP contribution is -2.46. The number of aryl methyl sites for hydroxylation is 1. The summed E-state index contributed by atoms with van der Waals surface area (Å²) in [7, 11) is 1.93. The number of nitrogens with one attached hydrogen (secondary N) is 2. The molecule has 5 rings (SSSR count). The van der Waals surface area contributed by atoms with Gasteiger partial charge >= 0.3 is 5.69 Å². The third-order valence-electron chi connectivity index (χ3n) is 7.79. The summed E-state index contributed by atoms with van der Waals surface area (Å²) in [6.45, 7) is 6.83. The Bertz CT molecular complexity index is 912. The molecule has 3 aliphatic rings. The zero-order chi connectivity index (χ0) is 20.5. The lowest BCUT2D eigenvalue weighted by atomic mass is 9.88. The van der Waals surface area contributed by atoms with Crippen molar-refractivity contribution in [2.24, 2.45) is 13.0 Å². The molecule has 164 valence electrons. The fourth-order valence-corrected chi connectivity index (χ4v) is 5.97. The Labute approximate surface area is 179 Å². The van der Waals surface area contributed by atoms with Gasteiger partial charge in [-0.15, -0.1) is 0 Å². The predicted octanol–water partition coefficient (Wildman–Crippen LogP) is 2.27. The molecular formula is C24H37N5O. The van der Waals surface area contributed by atoms with Crippen LogP contribution < -0.4 is 16.3 Å². The van der Waals surface area contributed by atoms with Crippen LogP contribution in [0.15, 0.2) is 23.0 Å². The van der Waals surface area contributed by atoms with E-state index in [9.17, 15) is 4.79 Å². The number of likely N-dealkylation sites (tertiary alicyclic amines) is 1. The molecule has 4 heterocycles. The number of rotatable bonds is 4. The maximum atomic E-state index is 13.0. The highest BCUT2D eigenvalue weighted by atomic mass is 16.1. The van der Waals surface area contributed by atoms with E-state index in [2.05, 4.69) is 33.7 Å². The monoisotopic (exact) mass is 411 g/mol. The summed E-state index contributed by atoms with van der Waals surface area (Å²) < 4.78 is 3.88. The van der Waals surface area contributed by atoms with Crippen LogP contribution >= 0.6 is 0 Å². The zero-order valence-corrected chi connectivity index (χ0v) is 18.4. The smallest absolute Gasteiger partial charge is 0.317 e. The van der Waals surface area contributed by atoms with Crippen molar-refractivity contribution in [1.82, 2.24) is 24.7 Å². The highest BCUT2D eigenvalue weighted by Crippen LogP contribution is 2.27. The number of benzene rings is 1. The predicted molar refractivity (Wildman–Crippen MR) is 122 cm³/mol. The van der Waals surface area contributed by atoms with E-state index in [0.717, 1.165) is 55.3 Å². The Kier molecular flexibility index (Phi) is 5.98. The van der Waals surface area contributed by atoms with Crippen LogP contribution in [-0.2, 0) is 13.5 Å². The Balaban J connectivity index is 1.28. The van der Waals surface area contributed by atoms with Gasteiger partial charge in [-0.05, 0) is 101 Å². The first-order chi connectivity index (χ1) is 14.7. The first kappa shape index (κ1) is 20.3. The van der Waals surface area contributed by atoms with Crippen LogP contribution in [0.1, 0.15) is 50.1 Å². The van der Waals surface area contributed by atoms with Gasteiger partial charge in [0.15, 0.2) is 0 Å². The van der Waals surface area contributed by atoms with E-state index in [-0.39, 0.29) is 11.7 Å².